The lowest BCUT2D eigenvalue weighted by molar-refractivity contribution is -0.121. The maximum Gasteiger partial charge on any atom is 0.226 e. The summed E-state index contributed by atoms with van der Waals surface area (Å²) in [6, 6.07) is 6.44. The van der Waals surface area contributed by atoms with Gasteiger partial charge in [-0.25, -0.2) is 8.78 Å². The fourth-order valence-electron chi connectivity index (χ4n) is 1.86. The predicted molar refractivity (Wildman–Crippen MR) is 75.3 cm³/mol. The number of nitrogens with two attached hydrogens (primary N) is 1. The zero-order valence-electron chi connectivity index (χ0n) is 11.4. The first-order valence-corrected chi connectivity index (χ1v) is 6.40. The molecule has 1 heterocycles. The number of carbonyl (C=O) groups excluding carboxylic acids is 1. The van der Waals surface area contributed by atoms with E-state index in [0.29, 0.717) is 16.9 Å². The van der Waals surface area contributed by atoms with Crippen LogP contribution in [-0.4, -0.2) is 10.9 Å². The summed E-state index contributed by atoms with van der Waals surface area (Å²) in [5.41, 5.74) is 7.11. The lowest BCUT2D eigenvalue weighted by Crippen LogP contribution is -2.28. The van der Waals surface area contributed by atoms with Gasteiger partial charge in [-0.3, -0.25) is 9.78 Å². The minimum Gasteiger partial charge on any atom is -0.397 e. The molecule has 0 saturated heterocycles. The molecule has 2 aromatic rings. The van der Waals surface area contributed by atoms with Crippen LogP contribution in [0.5, 0.6) is 0 Å². The van der Waals surface area contributed by atoms with Crippen LogP contribution in [0, 0.1) is 11.6 Å². The number of pyridine rings is 1. The number of rotatable bonds is 4. The Bertz CT molecular complexity index is 644. The Morgan fingerprint density at radius 1 is 1.29 bits per heavy atom. The SMILES string of the molecule is CC(NC(=O)Cc1ccc(N)cn1)c1ccc(F)c(F)c1. The molecule has 21 heavy (non-hydrogen) atoms. The number of anilines is 1. The van der Waals surface area contributed by atoms with Gasteiger partial charge < -0.3 is 11.1 Å². The molecule has 1 atom stereocenters. The molecule has 0 aliphatic heterocycles. The second kappa shape index (κ2) is 6.30. The van der Waals surface area contributed by atoms with Gasteiger partial charge in [0.25, 0.3) is 0 Å². The van der Waals surface area contributed by atoms with Crippen molar-refractivity contribution in [1.82, 2.24) is 10.3 Å². The number of hydrogen-bond acceptors (Lipinski definition) is 3. The van der Waals surface area contributed by atoms with Crippen molar-refractivity contribution in [2.75, 3.05) is 5.73 Å². The van der Waals surface area contributed by atoms with Crippen LogP contribution in [0.2, 0.25) is 0 Å². The van der Waals surface area contributed by atoms with Crippen LogP contribution in [0.25, 0.3) is 0 Å². The Kier molecular flexibility index (Phi) is 4.47. The fourth-order valence-corrected chi connectivity index (χ4v) is 1.86. The van der Waals surface area contributed by atoms with Crippen LogP contribution in [0.4, 0.5) is 14.5 Å². The highest BCUT2D eigenvalue weighted by atomic mass is 19.2. The van der Waals surface area contributed by atoms with Crippen LogP contribution in [0.15, 0.2) is 36.5 Å². The van der Waals surface area contributed by atoms with E-state index < -0.39 is 17.7 Å². The van der Waals surface area contributed by atoms with Crippen LogP contribution in [0.1, 0.15) is 24.2 Å². The van der Waals surface area contributed by atoms with Gasteiger partial charge in [0.2, 0.25) is 5.91 Å². The van der Waals surface area contributed by atoms with E-state index >= 15 is 0 Å². The van der Waals surface area contributed by atoms with E-state index in [1.165, 1.54) is 12.3 Å². The third-order valence-corrected chi connectivity index (χ3v) is 3.01. The summed E-state index contributed by atoms with van der Waals surface area (Å²) in [5.74, 6) is -2.11. The Labute approximate surface area is 121 Å². The molecule has 4 nitrogen and oxygen atoms in total. The van der Waals surface area contributed by atoms with Crippen molar-refractivity contribution in [2.45, 2.75) is 19.4 Å². The number of nitrogen functional groups attached to an aromatic ring is 1. The molecule has 0 saturated carbocycles. The molecule has 110 valence electrons. The second-order valence-corrected chi connectivity index (χ2v) is 4.72. The van der Waals surface area contributed by atoms with E-state index in [2.05, 4.69) is 10.3 Å². The van der Waals surface area contributed by atoms with Gasteiger partial charge in [-0.05, 0) is 36.8 Å². The highest BCUT2D eigenvalue weighted by molar-refractivity contribution is 5.78. The molecule has 1 aromatic heterocycles. The monoisotopic (exact) mass is 291 g/mol. The third kappa shape index (κ3) is 3.98. The van der Waals surface area contributed by atoms with E-state index in [-0.39, 0.29) is 12.3 Å². The van der Waals surface area contributed by atoms with Gasteiger partial charge in [0, 0.05) is 5.69 Å². The van der Waals surface area contributed by atoms with Crippen molar-refractivity contribution in [2.24, 2.45) is 0 Å². The van der Waals surface area contributed by atoms with Gasteiger partial charge in [0.05, 0.1) is 24.3 Å². The normalized spacial score (nSPS) is 12.0. The smallest absolute Gasteiger partial charge is 0.226 e. The zero-order valence-corrected chi connectivity index (χ0v) is 11.4. The van der Waals surface area contributed by atoms with Gasteiger partial charge in [0.15, 0.2) is 11.6 Å². The van der Waals surface area contributed by atoms with Gasteiger partial charge in [0.1, 0.15) is 0 Å². The Morgan fingerprint density at radius 3 is 2.67 bits per heavy atom. The summed E-state index contributed by atoms with van der Waals surface area (Å²) in [6.45, 7) is 1.70. The quantitative estimate of drug-likeness (QED) is 0.908. The number of benzene rings is 1. The molecule has 0 radical (unpaired) electrons. The minimum absolute atomic E-state index is 0.0916. The van der Waals surface area contributed by atoms with E-state index in [9.17, 15) is 13.6 Å². The molecule has 3 N–H and O–H groups in total. The van der Waals surface area contributed by atoms with Crippen molar-refractivity contribution in [1.29, 1.82) is 0 Å². The van der Waals surface area contributed by atoms with E-state index in [1.54, 1.807) is 19.1 Å². The molecule has 0 bridgehead atoms. The Morgan fingerprint density at radius 2 is 2.05 bits per heavy atom. The summed E-state index contributed by atoms with van der Waals surface area (Å²) < 4.78 is 26.0. The van der Waals surface area contributed by atoms with E-state index in [4.69, 9.17) is 5.73 Å². The van der Waals surface area contributed by atoms with Crippen molar-refractivity contribution in [3.05, 3.63) is 59.4 Å². The molecule has 0 fully saturated rings. The number of aromatic nitrogens is 1. The van der Waals surface area contributed by atoms with E-state index in [1.807, 2.05) is 0 Å². The topological polar surface area (TPSA) is 68.0 Å². The molecular weight excluding hydrogens is 276 g/mol. The first-order chi connectivity index (χ1) is 9.95. The van der Waals surface area contributed by atoms with Crippen molar-refractivity contribution in [3.8, 4) is 0 Å². The maximum atomic E-state index is 13.2. The Balaban J connectivity index is 1.98. The molecule has 1 aromatic carbocycles. The lowest BCUT2D eigenvalue weighted by Gasteiger charge is -2.14. The number of hydrogen-bond donors (Lipinski definition) is 2. The second-order valence-electron chi connectivity index (χ2n) is 4.72. The zero-order chi connectivity index (χ0) is 15.4. The average Bonchev–Trinajstić information content (AvgIpc) is 2.44. The summed E-state index contributed by atoms with van der Waals surface area (Å²) in [5, 5.41) is 2.71. The highest BCUT2D eigenvalue weighted by Gasteiger charge is 2.12. The van der Waals surface area contributed by atoms with Crippen molar-refractivity contribution < 1.29 is 13.6 Å². The van der Waals surface area contributed by atoms with Crippen LogP contribution < -0.4 is 11.1 Å². The molecule has 2 rings (SSSR count). The minimum atomic E-state index is -0.936. The number of nitrogens with one attached hydrogen (secondary N) is 1. The van der Waals surface area contributed by atoms with Crippen LogP contribution >= 0.6 is 0 Å². The molecule has 1 unspecified atom stereocenters. The molecule has 6 heteroatoms. The van der Waals surface area contributed by atoms with Gasteiger partial charge >= 0.3 is 0 Å². The highest BCUT2D eigenvalue weighted by Crippen LogP contribution is 2.16. The van der Waals surface area contributed by atoms with E-state index in [0.717, 1.165) is 12.1 Å². The van der Waals surface area contributed by atoms with Gasteiger partial charge in [-0.2, -0.15) is 0 Å². The lowest BCUT2D eigenvalue weighted by atomic mass is 10.1. The number of carbonyl (C=O) groups is 1. The van der Waals surface area contributed by atoms with Crippen molar-refractivity contribution in [3.63, 3.8) is 0 Å². The first kappa shape index (κ1) is 14.9. The van der Waals surface area contributed by atoms with Crippen LogP contribution in [-0.2, 0) is 11.2 Å². The van der Waals surface area contributed by atoms with Crippen LogP contribution in [0.3, 0.4) is 0 Å². The fraction of sp³-hybridized carbons (Fsp3) is 0.200. The molecule has 0 spiro atoms. The molecular formula is C15H15F2N3O. The summed E-state index contributed by atoms with van der Waals surface area (Å²) in [4.78, 5) is 15.9. The van der Waals surface area contributed by atoms with Crippen molar-refractivity contribution >= 4 is 11.6 Å². The summed E-state index contributed by atoms with van der Waals surface area (Å²) >= 11 is 0. The third-order valence-electron chi connectivity index (χ3n) is 3.01. The average molecular weight is 291 g/mol. The standard InChI is InChI=1S/C15H15F2N3O/c1-9(10-2-5-13(16)14(17)6-10)20-15(21)7-12-4-3-11(18)8-19-12/h2-6,8-9H,7,18H2,1H3,(H,20,21). The largest absolute Gasteiger partial charge is 0.397 e. The molecule has 1 amide bonds. The Hall–Kier alpha value is -2.50. The summed E-state index contributed by atoms with van der Waals surface area (Å²) in [6.07, 6.45) is 1.57. The molecule has 0 aliphatic carbocycles. The van der Waals surface area contributed by atoms with Gasteiger partial charge in [-0.1, -0.05) is 6.07 Å². The number of halogens is 2. The number of nitrogens with zero attached hydrogens (tertiary/aromatic N) is 1. The van der Waals surface area contributed by atoms with Gasteiger partial charge in [-0.15, -0.1) is 0 Å². The first-order valence-electron chi connectivity index (χ1n) is 6.40. The maximum absolute atomic E-state index is 13.2. The predicted octanol–water partition coefficient (Wildman–Crippen LogP) is 2.36. The molecule has 0 aliphatic rings. The number of amides is 1. The summed E-state index contributed by atoms with van der Waals surface area (Å²) in [7, 11) is 0.